The molecule has 2 aromatic carbocycles. The van der Waals surface area contributed by atoms with Gasteiger partial charge in [0.15, 0.2) is 6.10 Å². The predicted molar refractivity (Wildman–Crippen MR) is 112 cm³/mol. The van der Waals surface area contributed by atoms with Crippen LogP contribution < -0.4 is 5.32 Å². The van der Waals surface area contributed by atoms with Crippen LogP contribution in [-0.4, -0.2) is 23.3 Å². The van der Waals surface area contributed by atoms with Crippen molar-refractivity contribution in [3.8, 4) is 0 Å². The lowest BCUT2D eigenvalue weighted by molar-refractivity contribution is -0.386. The maximum absolute atomic E-state index is 14.1. The number of rotatable bonds is 8. The Balaban J connectivity index is 2.33. The van der Waals surface area contributed by atoms with Crippen molar-refractivity contribution >= 4 is 30.7 Å². The summed E-state index contributed by atoms with van der Waals surface area (Å²) in [6, 6.07) is 14.9. The number of nitrogens with zero attached hydrogens (tertiary/aromatic N) is 1. The van der Waals surface area contributed by atoms with Crippen molar-refractivity contribution in [3.05, 3.63) is 75.8 Å². The van der Waals surface area contributed by atoms with E-state index in [0.717, 1.165) is 0 Å². The van der Waals surface area contributed by atoms with Gasteiger partial charge in [0.2, 0.25) is 5.28 Å². The summed E-state index contributed by atoms with van der Waals surface area (Å²) in [5.41, 5.74) is 0.561. The van der Waals surface area contributed by atoms with Crippen molar-refractivity contribution in [2.45, 2.75) is 25.2 Å². The molecule has 29 heavy (non-hydrogen) atoms. The van der Waals surface area contributed by atoms with Crippen LogP contribution in [-0.2, 0) is 23.6 Å². The fourth-order valence-corrected chi connectivity index (χ4v) is 6.15. The fraction of sp³-hybridized carbons (Fsp3) is 0.316. The zero-order valence-electron chi connectivity index (χ0n) is 15.9. The summed E-state index contributed by atoms with van der Waals surface area (Å²) in [6.45, 7) is 3.59. The summed E-state index contributed by atoms with van der Waals surface area (Å²) < 4.78 is 31.3. The number of nitro benzene ring substituents is 1. The molecule has 2 atom stereocenters. The van der Waals surface area contributed by atoms with Crippen molar-refractivity contribution < 1.29 is 23.3 Å². The highest BCUT2D eigenvalue weighted by molar-refractivity contribution is 7.80. The van der Waals surface area contributed by atoms with Gasteiger partial charge < -0.3 is 19.1 Å². The van der Waals surface area contributed by atoms with Crippen LogP contribution in [0.15, 0.2) is 54.6 Å². The minimum atomic E-state index is -3.98. The van der Waals surface area contributed by atoms with Gasteiger partial charge in [0.05, 0.1) is 23.7 Å². The van der Waals surface area contributed by atoms with Crippen LogP contribution in [0.2, 0.25) is 0 Å². The van der Waals surface area contributed by atoms with Crippen molar-refractivity contribution in [2.24, 2.45) is 0 Å². The molecule has 2 aromatic rings. The molecule has 1 heterocycles. The van der Waals surface area contributed by atoms with Crippen LogP contribution in [0.1, 0.15) is 31.1 Å². The number of benzene rings is 2. The zero-order valence-corrected chi connectivity index (χ0v) is 17.7. The highest BCUT2D eigenvalue weighted by Gasteiger charge is 2.64. The van der Waals surface area contributed by atoms with E-state index in [1.165, 1.54) is 6.07 Å². The molecule has 0 saturated carbocycles. The van der Waals surface area contributed by atoms with Crippen molar-refractivity contribution in [2.75, 3.05) is 13.2 Å². The smallest absolute Gasteiger partial charge is 0.364 e. The molecule has 0 bridgehead atoms. The van der Waals surface area contributed by atoms with Crippen LogP contribution in [0.5, 0.6) is 0 Å². The molecule has 1 fully saturated rings. The van der Waals surface area contributed by atoms with E-state index in [1.54, 1.807) is 62.4 Å². The molecular formula is C19H21N2O6PS. The van der Waals surface area contributed by atoms with Crippen LogP contribution in [0.4, 0.5) is 5.69 Å². The second kappa shape index (κ2) is 8.59. The first kappa shape index (κ1) is 21.4. The number of hydrogen-bond donors (Lipinski definition) is 1. The van der Waals surface area contributed by atoms with Gasteiger partial charge in [-0.2, -0.15) is 0 Å². The molecule has 0 unspecified atom stereocenters. The molecule has 0 radical (unpaired) electrons. The average molecular weight is 436 g/mol. The molecule has 0 amide bonds. The summed E-state index contributed by atoms with van der Waals surface area (Å²) in [5, 5.41) is 13.0. The van der Waals surface area contributed by atoms with Crippen LogP contribution in [0.25, 0.3) is 0 Å². The standard InChI is InChI=1S/C19H21N2O6PS/c1-3-25-28(24,26-4-2)19(14-10-6-5-7-11-14)17(27-18(29)20-19)15-12-8-9-13-16(15)21(22)23/h5-13,17H,3-4H2,1-2H3,(H,20,29)/t17-,19-/m1/s1. The maximum atomic E-state index is 14.1. The minimum Gasteiger partial charge on any atom is -0.459 e. The average Bonchev–Trinajstić information content (AvgIpc) is 3.08. The predicted octanol–water partition coefficient (Wildman–Crippen LogP) is 4.66. The second-order valence-electron chi connectivity index (χ2n) is 6.19. The Morgan fingerprint density at radius 3 is 2.31 bits per heavy atom. The lowest BCUT2D eigenvalue weighted by Gasteiger charge is -2.38. The fourth-order valence-electron chi connectivity index (χ4n) is 3.47. The van der Waals surface area contributed by atoms with Gasteiger partial charge in [-0.05, 0) is 37.7 Å². The van der Waals surface area contributed by atoms with Crippen LogP contribution in [0.3, 0.4) is 0 Å². The molecule has 1 aliphatic rings. The topological polar surface area (TPSA) is 99.9 Å². The number of nitro groups is 1. The van der Waals surface area contributed by atoms with E-state index in [2.05, 4.69) is 5.32 Å². The van der Waals surface area contributed by atoms with Crippen LogP contribution >= 0.6 is 19.8 Å². The van der Waals surface area contributed by atoms with Gasteiger partial charge in [0, 0.05) is 6.07 Å². The summed E-state index contributed by atoms with van der Waals surface area (Å²) in [5.74, 6) is 0. The lowest BCUT2D eigenvalue weighted by Crippen LogP contribution is -2.43. The number of hydrogen-bond acceptors (Lipinski definition) is 7. The normalized spacial score (nSPS) is 21.4. The molecule has 1 N–H and O–H groups in total. The van der Waals surface area contributed by atoms with Crippen molar-refractivity contribution in [1.29, 1.82) is 0 Å². The van der Waals surface area contributed by atoms with Crippen molar-refractivity contribution in [3.63, 3.8) is 0 Å². The molecule has 0 aromatic heterocycles. The number of ether oxygens (including phenoxy) is 1. The van der Waals surface area contributed by atoms with Crippen molar-refractivity contribution in [1.82, 2.24) is 5.32 Å². The maximum Gasteiger partial charge on any atom is 0.364 e. The Morgan fingerprint density at radius 2 is 1.72 bits per heavy atom. The molecule has 0 spiro atoms. The van der Waals surface area contributed by atoms with Gasteiger partial charge in [0.1, 0.15) is 0 Å². The first-order valence-corrected chi connectivity index (χ1v) is 11.0. The molecule has 8 nitrogen and oxygen atoms in total. The molecule has 0 aliphatic carbocycles. The zero-order chi connectivity index (χ0) is 21.1. The van der Waals surface area contributed by atoms with Gasteiger partial charge in [-0.15, -0.1) is 0 Å². The minimum absolute atomic E-state index is 0.0448. The summed E-state index contributed by atoms with van der Waals surface area (Å²) in [6.07, 6.45) is -1.11. The number of para-hydroxylation sites is 1. The molecule has 10 heteroatoms. The SMILES string of the molecule is CCOP(=O)(OCC)[C@@]1(c2ccccc2)NC(=S)O[C@@H]1c1ccccc1[N+](=O)[O-]. The van der Waals surface area contributed by atoms with E-state index in [1.807, 2.05) is 0 Å². The van der Waals surface area contributed by atoms with E-state index >= 15 is 0 Å². The van der Waals surface area contributed by atoms with E-state index in [4.69, 9.17) is 26.0 Å². The van der Waals surface area contributed by atoms with Gasteiger partial charge >= 0.3 is 7.60 Å². The third kappa shape index (κ3) is 3.67. The van der Waals surface area contributed by atoms with Gasteiger partial charge in [-0.1, -0.05) is 42.5 Å². The molecule has 3 rings (SSSR count). The second-order valence-corrected chi connectivity index (χ2v) is 8.78. The highest BCUT2D eigenvalue weighted by Crippen LogP contribution is 2.70. The highest BCUT2D eigenvalue weighted by atomic mass is 32.1. The third-order valence-corrected chi connectivity index (χ3v) is 7.42. The van der Waals surface area contributed by atoms with Gasteiger partial charge in [0.25, 0.3) is 10.9 Å². The lowest BCUT2D eigenvalue weighted by atomic mass is 9.94. The van der Waals surface area contributed by atoms with E-state index in [9.17, 15) is 14.7 Å². The first-order valence-electron chi connectivity index (χ1n) is 9.06. The molecule has 154 valence electrons. The molecule has 1 saturated heterocycles. The Hall–Kier alpha value is -2.32. The number of thiocarbonyl (C=S) groups is 1. The van der Waals surface area contributed by atoms with Gasteiger partial charge in [-0.25, -0.2) is 0 Å². The summed E-state index contributed by atoms with van der Waals surface area (Å²) >= 11 is 5.26. The Morgan fingerprint density at radius 1 is 1.14 bits per heavy atom. The quantitative estimate of drug-likeness (QED) is 0.276. The third-order valence-electron chi connectivity index (χ3n) is 4.56. The Labute approximate surface area is 173 Å². The molecular weight excluding hydrogens is 415 g/mol. The number of nitrogens with one attached hydrogen (secondary N) is 1. The summed E-state index contributed by atoms with van der Waals surface area (Å²) in [7, 11) is -3.98. The van der Waals surface area contributed by atoms with E-state index in [-0.39, 0.29) is 29.6 Å². The molecule has 1 aliphatic heterocycles. The largest absolute Gasteiger partial charge is 0.459 e. The van der Waals surface area contributed by atoms with E-state index in [0.29, 0.717) is 5.56 Å². The van der Waals surface area contributed by atoms with E-state index < -0.39 is 23.9 Å². The summed E-state index contributed by atoms with van der Waals surface area (Å²) in [4.78, 5) is 11.2. The Bertz CT molecular complexity index is 947. The van der Waals surface area contributed by atoms with Crippen LogP contribution in [0, 0.1) is 10.1 Å². The van der Waals surface area contributed by atoms with Gasteiger partial charge in [-0.3, -0.25) is 14.7 Å². The Kier molecular flexibility index (Phi) is 6.33. The first-order chi connectivity index (χ1) is 13.9. The monoisotopic (exact) mass is 436 g/mol.